The van der Waals surface area contributed by atoms with E-state index in [4.69, 9.17) is 4.42 Å². The van der Waals surface area contributed by atoms with Crippen molar-refractivity contribution in [2.24, 2.45) is 0 Å². The van der Waals surface area contributed by atoms with Crippen LogP contribution in [0.15, 0.2) is 40.8 Å². The van der Waals surface area contributed by atoms with E-state index in [1.807, 2.05) is 17.2 Å². The molecule has 2 aromatic rings. The molecule has 1 saturated heterocycles. The second-order valence-electron chi connectivity index (χ2n) is 5.49. The van der Waals surface area contributed by atoms with Crippen LogP contribution in [0.5, 0.6) is 0 Å². The third-order valence-electron chi connectivity index (χ3n) is 3.98. The number of hydrogen-bond donors (Lipinski definition) is 0. The topological polar surface area (TPSA) is 33.5 Å². The summed E-state index contributed by atoms with van der Waals surface area (Å²) < 4.78 is 18.6. The lowest BCUT2D eigenvalue weighted by Crippen LogP contribution is -2.28. The van der Waals surface area contributed by atoms with Gasteiger partial charge in [-0.25, -0.2) is 4.39 Å². The summed E-state index contributed by atoms with van der Waals surface area (Å²) in [5, 5.41) is 0. The third kappa shape index (κ3) is 3.19. The van der Waals surface area contributed by atoms with Gasteiger partial charge in [-0.3, -0.25) is 4.79 Å². The Morgan fingerprint density at radius 3 is 2.82 bits per heavy atom. The summed E-state index contributed by atoms with van der Waals surface area (Å²) in [6.45, 7) is 1.36. The van der Waals surface area contributed by atoms with Crippen molar-refractivity contribution >= 4 is 17.7 Å². The van der Waals surface area contributed by atoms with E-state index < -0.39 is 0 Å². The number of halogens is 1. The summed E-state index contributed by atoms with van der Waals surface area (Å²) in [6, 6.07) is 10.2. The number of thioether (sulfide) groups is 1. The Balaban J connectivity index is 1.66. The summed E-state index contributed by atoms with van der Waals surface area (Å²) in [5.41, 5.74) is 1.08. The minimum absolute atomic E-state index is 0.0584. The number of benzene rings is 1. The lowest BCUT2D eigenvalue weighted by atomic mass is 9.99. The van der Waals surface area contributed by atoms with Gasteiger partial charge in [0.2, 0.25) is 0 Å². The van der Waals surface area contributed by atoms with Crippen molar-refractivity contribution in [1.29, 1.82) is 0 Å². The number of carbonyl (C=O) groups is 1. The molecule has 1 aliphatic heterocycles. The zero-order chi connectivity index (χ0) is 15.5. The molecule has 0 radical (unpaired) electrons. The Morgan fingerprint density at radius 2 is 2.09 bits per heavy atom. The van der Waals surface area contributed by atoms with Gasteiger partial charge >= 0.3 is 0 Å². The number of furan rings is 1. The van der Waals surface area contributed by atoms with Crippen molar-refractivity contribution in [3.63, 3.8) is 0 Å². The largest absolute Gasteiger partial charge is 0.455 e. The molecule has 116 valence electrons. The second kappa shape index (κ2) is 6.57. The van der Waals surface area contributed by atoms with Crippen LogP contribution < -0.4 is 0 Å². The second-order valence-corrected chi connectivity index (χ2v) is 6.35. The van der Waals surface area contributed by atoms with E-state index in [0.717, 1.165) is 23.5 Å². The number of likely N-dealkylation sites (tertiary alicyclic amines) is 1. The lowest BCUT2D eigenvalue weighted by Gasteiger charge is -2.15. The van der Waals surface area contributed by atoms with Crippen molar-refractivity contribution in [2.45, 2.75) is 18.1 Å². The van der Waals surface area contributed by atoms with Gasteiger partial charge in [0.15, 0.2) is 5.76 Å². The fraction of sp³-hybridized carbons (Fsp3) is 0.353. The highest BCUT2D eigenvalue weighted by Gasteiger charge is 2.29. The van der Waals surface area contributed by atoms with Gasteiger partial charge in [-0.2, -0.15) is 11.8 Å². The Hall–Kier alpha value is -1.75. The maximum atomic E-state index is 13.0. The molecule has 0 unspecified atom stereocenters. The molecule has 1 aromatic heterocycles. The molecular formula is C17H18FNO2S. The summed E-state index contributed by atoms with van der Waals surface area (Å²) in [6.07, 6.45) is 2.90. The van der Waals surface area contributed by atoms with Crippen molar-refractivity contribution < 1.29 is 13.6 Å². The summed E-state index contributed by atoms with van der Waals surface area (Å²) in [4.78, 5) is 14.3. The molecule has 0 spiro atoms. The first-order valence-electron chi connectivity index (χ1n) is 7.30. The van der Waals surface area contributed by atoms with E-state index in [1.54, 1.807) is 30.0 Å². The number of hydrogen-bond acceptors (Lipinski definition) is 3. The molecule has 1 aromatic carbocycles. The normalized spacial score (nSPS) is 17.9. The van der Waals surface area contributed by atoms with Gasteiger partial charge in [-0.15, -0.1) is 0 Å². The van der Waals surface area contributed by atoms with E-state index >= 15 is 0 Å². The third-order valence-corrected chi connectivity index (χ3v) is 4.55. The van der Waals surface area contributed by atoms with E-state index in [1.165, 1.54) is 12.1 Å². The minimum atomic E-state index is -0.230. The average molecular weight is 319 g/mol. The summed E-state index contributed by atoms with van der Waals surface area (Å²) >= 11 is 1.66. The van der Waals surface area contributed by atoms with Crippen LogP contribution in [0.4, 0.5) is 4.39 Å². The van der Waals surface area contributed by atoms with Crippen LogP contribution in [0, 0.1) is 5.82 Å². The molecule has 5 heteroatoms. The van der Waals surface area contributed by atoms with Crippen LogP contribution in [-0.4, -0.2) is 30.2 Å². The number of amides is 1. The van der Waals surface area contributed by atoms with Gasteiger partial charge in [0.25, 0.3) is 5.91 Å². The molecule has 3 rings (SSSR count). The molecule has 1 amide bonds. The van der Waals surface area contributed by atoms with E-state index in [-0.39, 0.29) is 17.6 Å². The van der Waals surface area contributed by atoms with Gasteiger partial charge in [-0.05, 0) is 42.5 Å². The smallest absolute Gasteiger partial charge is 0.289 e. The van der Waals surface area contributed by atoms with Crippen molar-refractivity contribution in [3.05, 3.63) is 59.3 Å². The van der Waals surface area contributed by atoms with E-state index in [9.17, 15) is 9.18 Å². The van der Waals surface area contributed by atoms with Crippen LogP contribution in [0.3, 0.4) is 0 Å². The molecule has 1 fully saturated rings. The van der Waals surface area contributed by atoms with E-state index in [0.29, 0.717) is 18.8 Å². The zero-order valence-corrected chi connectivity index (χ0v) is 13.2. The van der Waals surface area contributed by atoms with Crippen LogP contribution >= 0.6 is 11.8 Å². The van der Waals surface area contributed by atoms with Gasteiger partial charge in [0.1, 0.15) is 11.6 Å². The SMILES string of the molecule is CSCc1ccc(C(=O)N2CC[C@@H](c3ccc(F)cc3)C2)o1. The molecular weight excluding hydrogens is 301 g/mol. The van der Waals surface area contributed by atoms with E-state index in [2.05, 4.69) is 0 Å². The minimum Gasteiger partial charge on any atom is -0.455 e. The summed E-state index contributed by atoms with van der Waals surface area (Å²) in [5.74, 6) is 1.98. The molecule has 2 heterocycles. The van der Waals surface area contributed by atoms with Crippen LogP contribution in [0.25, 0.3) is 0 Å². The fourth-order valence-electron chi connectivity index (χ4n) is 2.82. The first-order chi connectivity index (χ1) is 10.7. The van der Waals surface area contributed by atoms with Crippen molar-refractivity contribution in [1.82, 2.24) is 4.90 Å². The van der Waals surface area contributed by atoms with Crippen LogP contribution in [-0.2, 0) is 5.75 Å². The standard InChI is InChI=1S/C17H18FNO2S/c1-22-11-15-6-7-16(21-15)17(20)19-9-8-13(10-19)12-2-4-14(18)5-3-12/h2-7,13H,8-11H2,1H3/t13-/m1/s1. The molecule has 0 bridgehead atoms. The predicted molar refractivity (Wildman–Crippen MR) is 85.6 cm³/mol. The molecule has 3 nitrogen and oxygen atoms in total. The van der Waals surface area contributed by atoms with Crippen LogP contribution in [0.1, 0.15) is 34.2 Å². The molecule has 1 aliphatic rings. The average Bonchev–Trinajstić information content (AvgIpc) is 3.17. The number of carbonyl (C=O) groups excluding carboxylic acids is 1. The van der Waals surface area contributed by atoms with Gasteiger partial charge < -0.3 is 9.32 Å². The van der Waals surface area contributed by atoms with Gasteiger partial charge in [0, 0.05) is 19.0 Å². The predicted octanol–water partition coefficient (Wildman–Crippen LogP) is 3.91. The summed E-state index contributed by atoms with van der Waals surface area (Å²) in [7, 11) is 0. The highest BCUT2D eigenvalue weighted by molar-refractivity contribution is 7.97. The highest BCUT2D eigenvalue weighted by Crippen LogP contribution is 2.28. The van der Waals surface area contributed by atoms with Crippen LogP contribution in [0.2, 0.25) is 0 Å². The Labute approximate surface area is 133 Å². The monoisotopic (exact) mass is 319 g/mol. The number of rotatable bonds is 4. The fourth-order valence-corrected chi connectivity index (χ4v) is 3.26. The molecule has 0 aliphatic carbocycles. The zero-order valence-electron chi connectivity index (χ0n) is 12.4. The maximum Gasteiger partial charge on any atom is 0.289 e. The molecule has 22 heavy (non-hydrogen) atoms. The van der Waals surface area contributed by atoms with Crippen molar-refractivity contribution in [3.8, 4) is 0 Å². The Morgan fingerprint density at radius 1 is 1.32 bits per heavy atom. The maximum absolute atomic E-state index is 13.0. The molecule has 1 atom stereocenters. The first kappa shape index (κ1) is 15.2. The quantitative estimate of drug-likeness (QED) is 0.856. The number of nitrogens with zero attached hydrogens (tertiary/aromatic N) is 1. The van der Waals surface area contributed by atoms with Crippen molar-refractivity contribution in [2.75, 3.05) is 19.3 Å². The first-order valence-corrected chi connectivity index (χ1v) is 8.69. The molecule has 0 saturated carbocycles. The van der Waals surface area contributed by atoms with Gasteiger partial charge in [-0.1, -0.05) is 12.1 Å². The highest BCUT2D eigenvalue weighted by atomic mass is 32.2. The Kier molecular flexibility index (Phi) is 4.52. The molecule has 0 N–H and O–H groups in total. The van der Waals surface area contributed by atoms with Gasteiger partial charge in [0.05, 0.1) is 5.75 Å². The Bertz CT molecular complexity index is 653. The lowest BCUT2D eigenvalue weighted by molar-refractivity contribution is 0.0757.